The minimum Gasteiger partial charge on any atom is -0.505 e. The van der Waals surface area contributed by atoms with E-state index in [4.69, 9.17) is 5.26 Å². The van der Waals surface area contributed by atoms with Crippen molar-refractivity contribution >= 4 is 105 Å². The van der Waals surface area contributed by atoms with Crippen LogP contribution in [0.1, 0.15) is 10.4 Å². The summed E-state index contributed by atoms with van der Waals surface area (Å²) in [4.78, 5) is 20.7. The van der Waals surface area contributed by atoms with E-state index in [1.54, 1.807) is 12.1 Å². The highest BCUT2D eigenvalue weighted by atomic mass is 32.2. The van der Waals surface area contributed by atoms with E-state index in [0.29, 0.717) is 11.5 Å². The molecule has 23 nitrogen and oxygen atoms in total. The number of carboxylic acid groups (broad SMARTS) is 1. The fourth-order valence-electron chi connectivity index (χ4n) is 5.29. The van der Waals surface area contributed by atoms with Crippen LogP contribution >= 0.6 is 12.0 Å². The fraction of sp³-hybridized carbons (Fsp3) is 0. The molecule has 6 aromatic rings. The molecule has 0 aliphatic carbocycles. The number of hydrogen-bond donors (Lipinski definition) is 9. The first-order chi connectivity index (χ1) is 26.7. The van der Waals surface area contributed by atoms with Crippen LogP contribution in [0.15, 0.2) is 103 Å². The van der Waals surface area contributed by atoms with E-state index >= 15 is 0 Å². The number of aromatic nitrogens is 3. The van der Waals surface area contributed by atoms with Gasteiger partial charge in [0.1, 0.15) is 16.3 Å². The molecule has 5 aromatic carbocycles. The number of phenolic OH excluding ortho intramolecular Hbond substituents is 1. The number of anilines is 4. The van der Waals surface area contributed by atoms with Crippen LogP contribution in [0.3, 0.4) is 0 Å². The second kappa shape index (κ2) is 15.4. The van der Waals surface area contributed by atoms with E-state index < -0.39 is 97.3 Å². The zero-order chi connectivity index (χ0) is 41.4. The Morgan fingerprint density at radius 1 is 0.719 bits per heavy atom. The lowest BCUT2D eigenvalue weighted by molar-refractivity contribution is -0.432. The zero-order valence-electron chi connectivity index (χ0n) is 27.6. The number of fused-ring (bicyclic) bond motifs is 2. The van der Waals surface area contributed by atoms with Crippen molar-refractivity contribution in [3.05, 3.63) is 78.4 Å². The van der Waals surface area contributed by atoms with Crippen molar-refractivity contribution in [2.24, 2.45) is 10.2 Å². The van der Waals surface area contributed by atoms with Crippen LogP contribution < -0.4 is 10.6 Å². The molecule has 0 bridgehead atoms. The molecular weight excluding hydrogens is 843 g/mol. The number of phenols is 1. The van der Waals surface area contributed by atoms with Crippen LogP contribution in [-0.2, 0) is 39.7 Å². The van der Waals surface area contributed by atoms with E-state index in [0.717, 1.165) is 30.3 Å². The van der Waals surface area contributed by atoms with Gasteiger partial charge in [-0.1, -0.05) is 35.4 Å². The third-order valence-electron chi connectivity index (χ3n) is 7.59. The molecule has 1 aromatic heterocycles. The Hall–Kier alpha value is -6.14. The lowest BCUT2D eigenvalue weighted by Crippen LogP contribution is -2.09. The van der Waals surface area contributed by atoms with Crippen molar-refractivity contribution < 1.29 is 73.7 Å². The van der Waals surface area contributed by atoms with Gasteiger partial charge in [0.15, 0.2) is 5.75 Å². The van der Waals surface area contributed by atoms with Gasteiger partial charge in [0.05, 0.1) is 43.7 Å². The highest BCUT2D eigenvalue weighted by molar-refractivity contribution is 7.94. The number of aromatic hydroxyl groups is 2. The molecule has 0 saturated heterocycles. The van der Waals surface area contributed by atoms with Gasteiger partial charge in [0.2, 0.25) is 11.9 Å². The van der Waals surface area contributed by atoms with Crippen LogP contribution in [0.4, 0.5) is 34.6 Å². The summed E-state index contributed by atoms with van der Waals surface area (Å²) in [6.07, 6.45) is 0. The summed E-state index contributed by atoms with van der Waals surface area (Å²) in [7, 11) is -14.8. The van der Waals surface area contributed by atoms with Gasteiger partial charge in [-0.05, 0) is 53.2 Å². The highest BCUT2D eigenvalue weighted by Gasteiger charge is 2.25. The molecule has 1 heterocycles. The molecule has 0 amide bonds. The lowest BCUT2D eigenvalue weighted by Gasteiger charge is -2.15. The topological polar surface area (TPSA) is 367 Å². The van der Waals surface area contributed by atoms with Gasteiger partial charge in [-0.3, -0.25) is 13.7 Å². The first-order valence-electron chi connectivity index (χ1n) is 15.0. The average Bonchev–Trinajstić information content (AvgIpc) is 3.11. The van der Waals surface area contributed by atoms with Crippen molar-refractivity contribution in [1.82, 2.24) is 15.0 Å². The van der Waals surface area contributed by atoms with Gasteiger partial charge < -0.3 is 26.0 Å². The Kier molecular flexibility index (Phi) is 11.0. The molecule has 6 rings (SSSR count). The summed E-state index contributed by atoms with van der Waals surface area (Å²) in [5.74, 6) is -3.69. The predicted molar refractivity (Wildman–Crippen MR) is 195 cm³/mol. The maximum absolute atomic E-state index is 12.5. The molecule has 57 heavy (non-hydrogen) atoms. The SMILES string of the molecule is O=C(O)c1cc(S(=O)(=O)O)ccc1Nc1nc(O)nc(Nc2cc(S(=O)(=O)O)cc3cc(SOOO)c(N=Nc4ccc5ccccc5c4S(=O)(=O)O)c(O)c23)n1. The summed E-state index contributed by atoms with van der Waals surface area (Å²) in [6.45, 7) is 0. The molecule has 0 aliphatic rings. The number of carboxylic acids is 1. The van der Waals surface area contributed by atoms with Gasteiger partial charge in [-0.25, -0.2) is 10.1 Å². The Bertz CT molecular complexity index is 3010. The number of nitrogens with one attached hydrogen (secondary N) is 2. The Morgan fingerprint density at radius 2 is 1.39 bits per heavy atom. The zero-order valence-corrected chi connectivity index (χ0v) is 30.9. The van der Waals surface area contributed by atoms with Crippen LogP contribution in [0.25, 0.3) is 21.5 Å². The van der Waals surface area contributed by atoms with Crippen molar-refractivity contribution in [2.45, 2.75) is 19.6 Å². The number of azo groups is 1. The normalized spacial score (nSPS) is 12.4. The molecule has 0 saturated carbocycles. The van der Waals surface area contributed by atoms with Gasteiger partial charge in [0.25, 0.3) is 30.4 Å². The molecule has 9 N–H and O–H groups in total. The highest BCUT2D eigenvalue weighted by Crippen LogP contribution is 2.48. The smallest absolute Gasteiger partial charge is 0.337 e. The molecule has 0 spiro atoms. The maximum Gasteiger partial charge on any atom is 0.337 e. The van der Waals surface area contributed by atoms with Crippen LogP contribution in [0.2, 0.25) is 0 Å². The Morgan fingerprint density at radius 3 is 2.02 bits per heavy atom. The summed E-state index contributed by atoms with van der Waals surface area (Å²) >= 11 is 0.207. The van der Waals surface area contributed by atoms with Crippen molar-refractivity contribution in [2.75, 3.05) is 10.6 Å². The summed E-state index contributed by atoms with van der Waals surface area (Å²) in [5.41, 5.74) is -2.37. The van der Waals surface area contributed by atoms with Gasteiger partial charge in [-0.15, -0.1) is 14.6 Å². The number of benzene rings is 5. The van der Waals surface area contributed by atoms with Crippen LogP contribution in [0.5, 0.6) is 11.8 Å². The number of carbonyl (C=O) groups is 1. The third-order valence-corrected chi connectivity index (χ3v) is 10.8. The van der Waals surface area contributed by atoms with E-state index in [1.165, 1.54) is 24.3 Å². The van der Waals surface area contributed by atoms with E-state index in [1.807, 2.05) is 0 Å². The molecule has 0 radical (unpaired) electrons. The summed E-state index contributed by atoms with van der Waals surface area (Å²) in [5, 5.41) is 56.9. The van der Waals surface area contributed by atoms with Gasteiger partial charge >= 0.3 is 12.0 Å². The summed E-state index contributed by atoms with van der Waals surface area (Å²) in [6, 6.07) is 13.0. The number of hydrogen-bond acceptors (Lipinski definition) is 20. The predicted octanol–water partition coefficient (Wildman–Crippen LogP) is 5.36. The van der Waals surface area contributed by atoms with Crippen molar-refractivity contribution in [1.29, 1.82) is 0 Å². The molecule has 0 aliphatic heterocycles. The Balaban J connectivity index is 1.51. The molecule has 0 unspecified atom stereocenters. The van der Waals surface area contributed by atoms with Gasteiger partial charge in [0, 0.05) is 10.8 Å². The van der Waals surface area contributed by atoms with Crippen LogP contribution in [-0.4, -0.2) is 80.4 Å². The first-order valence-corrected chi connectivity index (χ1v) is 20.0. The van der Waals surface area contributed by atoms with Crippen LogP contribution in [0, 0.1) is 0 Å². The number of rotatable bonds is 13. The minimum absolute atomic E-state index is 0.0683. The molecular formula is C30H21N7O16S4. The quantitative estimate of drug-likeness (QED) is 0.0232. The molecule has 0 fully saturated rings. The van der Waals surface area contributed by atoms with Crippen molar-refractivity contribution in [3.63, 3.8) is 0 Å². The lowest BCUT2D eigenvalue weighted by atomic mass is 10.1. The second-order valence-electron chi connectivity index (χ2n) is 11.2. The third kappa shape index (κ3) is 8.81. The molecule has 296 valence electrons. The molecule has 0 atom stereocenters. The monoisotopic (exact) mass is 863 g/mol. The number of nitrogens with zero attached hydrogens (tertiary/aromatic N) is 5. The second-order valence-corrected chi connectivity index (χ2v) is 16.1. The Labute approximate surface area is 322 Å². The fourth-order valence-corrected chi connectivity index (χ4v) is 7.67. The first kappa shape index (κ1) is 40.5. The largest absolute Gasteiger partial charge is 0.505 e. The van der Waals surface area contributed by atoms with E-state index in [9.17, 15) is 59.0 Å². The van der Waals surface area contributed by atoms with Gasteiger partial charge in [-0.2, -0.15) is 40.2 Å². The minimum atomic E-state index is -5.01. The van der Waals surface area contributed by atoms with E-state index in [-0.39, 0.29) is 38.8 Å². The molecule has 27 heteroatoms. The standard InChI is InChI=1S/C30H21N7O16S4/c38-25-23-14(10-22(54-53-52-42)24(25)37-36-20-7-5-13-3-1-2-4-17(13)26(20)57(49,50)51)9-16(56(46,47)48)12-21(23)32-29-33-28(34-30(41)35-29)31-19-8-6-15(55(43,44)45)11-18(19)27(39)40/h1-12,38,42H,(H,39,40)(H,43,44,45)(H,46,47,48)(H,49,50,51)(H3,31,32,33,34,35,41). The maximum atomic E-state index is 12.5. The van der Waals surface area contributed by atoms with E-state index in [2.05, 4.69) is 45.2 Å². The number of aromatic carboxylic acids is 1. The summed E-state index contributed by atoms with van der Waals surface area (Å²) < 4.78 is 107. The average molecular weight is 864 g/mol. The van der Waals surface area contributed by atoms with Crippen molar-refractivity contribution in [3.8, 4) is 11.8 Å².